The molecule has 1 aliphatic rings. The predicted octanol–water partition coefficient (Wildman–Crippen LogP) is 2.68. The number of aromatic hydroxyl groups is 3. The summed E-state index contributed by atoms with van der Waals surface area (Å²) >= 11 is 4.24. The van der Waals surface area contributed by atoms with Crippen molar-refractivity contribution in [1.82, 2.24) is 0 Å². The van der Waals surface area contributed by atoms with Gasteiger partial charge in [0.2, 0.25) is 11.5 Å². The molecular formula is C21H20I2O13. The van der Waals surface area contributed by atoms with E-state index in [2.05, 4.69) is 51.4 Å². The van der Waals surface area contributed by atoms with Crippen molar-refractivity contribution >= 4 is 61.1 Å². The van der Waals surface area contributed by atoms with Gasteiger partial charge in [-0.15, -0.1) is 0 Å². The standard InChI is InChI=1S/C11H12O7.C10H8O6.I2/c1-16-9(13)5-18-8-4-6(11(15)17-2)3-7(12)10(8)14;1-14-10(13)5-2-6(11)9-7(3-5)15-4-8(12)16-9;1-2/h3-4,12,14H,5H2,1-2H3;2-3,11H,4H2,1H3;. The van der Waals surface area contributed by atoms with Gasteiger partial charge in [0.05, 0.1) is 32.5 Å². The van der Waals surface area contributed by atoms with Crippen molar-refractivity contribution in [2.24, 2.45) is 0 Å². The molecule has 0 radical (unpaired) electrons. The van der Waals surface area contributed by atoms with Gasteiger partial charge in [0, 0.05) is 37.2 Å². The number of hydrogen-bond acceptors (Lipinski definition) is 13. The van der Waals surface area contributed by atoms with Crippen LogP contribution < -0.4 is 14.2 Å². The van der Waals surface area contributed by atoms with Gasteiger partial charge in [0.15, 0.2) is 36.2 Å². The minimum Gasteiger partial charge on any atom is -0.504 e. The number of rotatable bonds is 5. The first kappa shape index (κ1) is 30.8. The SMILES string of the molecule is COC(=O)COc1cc(C(=O)OC)cc(O)c1O.COC(=O)c1cc(O)c2c(c1)OCC(=O)O2.II. The lowest BCUT2D eigenvalue weighted by molar-refractivity contribution is -0.143. The third-order valence-electron chi connectivity index (χ3n) is 4.07. The number of hydrogen-bond donors (Lipinski definition) is 3. The van der Waals surface area contributed by atoms with E-state index in [9.17, 15) is 34.5 Å². The van der Waals surface area contributed by atoms with Gasteiger partial charge in [0.25, 0.3) is 0 Å². The van der Waals surface area contributed by atoms with Crippen LogP contribution in [0.2, 0.25) is 0 Å². The summed E-state index contributed by atoms with van der Waals surface area (Å²) in [5.74, 6) is -4.24. The Balaban J connectivity index is 0.000000338. The largest absolute Gasteiger partial charge is 0.504 e. The maximum Gasteiger partial charge on any atom is 0.349 e. The minimum atomic E-state index is -0.715. The molecule has 13 nitrogen and oxygen atoms in total. The summed E-state index contributed by atoms with van der Waals surface area (Å²) in [6, 6.07) is 4.65. The molecule has 3 rings (SSSR count). The lowest BCUT2D eigenvalue weighted by atomic mass is 10.2. The summed E-state index contributed by atoms with van der Waals surface area (Å²) in [5, 5.41) is 28.4. The molecule has 2 aromatic rings. The van der Waals surface area contributed by atoms with E-state index >= 15 is 0 Å². The Labute approximate surface area is 227 Å². The fourth-order valence-corrected chi connectivity index (χ4v) is 2.45. The Hall–Kier alpha value is -3.22. The van der Waals surface area contributed by atoms with Crippen molar-refractivity contribution < 1.29 is 62.9 Å². The third kappa shape index (κ3) is 8.47. The van der Waals surface area contributed by atoms with Crippen molar-refractivity contribution in [3.05, 3.63) is 35.4 Å². The van der Waals surface area contributed by atoms with Gasteiger partial charge in [-0.05, 0) is 24.3 Å². The van der Waals surface area contributed by atoms with Gasteiger partial charge in [0.1, 0.15) is 0 Å². The molecule has 0 fully saturated rings. The number of ether oxygens (including phenoxy) is 6. The van der Waals surface area contributed by atoms with Crippen molar-refractivity contribution in [3.8, 4) is 34.5 Å². The highest BCUT2D eigenvalue weighted by atomic mass is 128. The highest BCUT2D eigenvalue weighted by molar-refractivity contribution is 15.0. The zero-order chi connectivity index (χ0) is 27.4. The van der Waals surface area contributed by atoms with Crippen LogP contribution in [0.15, 0.2) is 24.3 Å². The number of esters is 4. The average Bonchev–Trinajstić information content (AvgIpc) is 2.89. The Bertz CT molecular complexity index is 1120. The third-order valence-corrected chi connectivity index (χ3v) is 4.07. The summed E-state index contributed by atoms with van der Waals surface area (Å²) in [6.07, 6.45) is 0. The number of phenolic OH excluding ortho intramolecular Hbond substituents is 3. The summed E-state index contributed by atoms with van der Waals surface area (Å²) in [4.78, 5) is 44.3. The lowest BCUT2D eigenvalue weighted by Gasteiger charge is -2.17. The van der Waals surface area contributed by atoms with Gasteiger partial charge in [-0.25, -0.2) is 19.2 Å². The molecule has 0 aromatic heterocycles. The first-order chi connectivity index (χ1) is 17.1. The molecule has 0 bridgehead atoms. The first-order valence-corrected chi connectivity index (χ1v) is 15.7. The molecule has 196 valence electrons. The Morgan fingerprint density at radius 2 is 1.44 bits per heavy atom. The molecule has 36 heavy (non-hydrogen) atoms. The van der Waals surface area contributed by atoms with E-state index in [4.69, 9.17) is 14.2 Å². The molecule has 1 aliphatic heterocycles. The van der Waals surface area contributed by atoms with E-state index in [0.717, 1.165) is 18.2 Å². The van der Waals surface area contributed by atoms with Gasteiger partial charge in [-0.3, -0.25) is 0 Å². The zero-order valence-electron chi connectivity index (χ0n) is 18.9. The van der Waals surface area contributed by atoms with Crippen molar-refractivity contribution in [2.75, 3.05) is 34.5 Å². The van der Waals surface area contributed by atoms with Crippen molar-refractivity contribution in [2.45, 2.75) is 0 Å². The van der Waals surface area contributed by atoms with E-state index in [-0.39, 0.29) is 40.7 Å². The van der Waals surface area contributed by atoms with E-state index in [1.165, 1.54) is 27.4 Å². The van der Waals surface area contributed by atoms with Crippen LogP contribution in [0.4, 0.5) is 0 Å². The molecule has 2 aromatic carbocycles. The molecule has 0 spiro atoms. The van der Waals surface area contributed by atoms with Crippen LogP contribution in [-0.2, 0) is 23.8 Å². The van der Waals surface area contributed by atoms with E-state index < -0.39 is 42.0 Å². The molecule has 15 heteroatoms. The molecule has 0 atom stereocenters. The van der Waals surface area contributed by atoms with E-state index in [1.807, 2.05) is 0 Å². The first-order valence-electron chi connectivity index (χ1n) is 9.38. The molecule has 3 N–H and O–H groups in total. The summed E-state index contributed by atoms with van der Waals surface area (Å²) < 4.78 is 28.0. The van der Waals surface area contributed by atoms with Gasteiger partial charge < -0.3 is 43.7 Å². The Morgan fingerprint density at radius 1 is 0.889 bits per heavy atom. The van der Waals surface area contributed by atoms with Crippen LogP contribution in [0.25, 0.3) is 0 Å². The molecule has 0 amide bonds. The second-order valence-corrected chi connectivity index (χ2v) is 6.28. The highest BCUT2D eigenvalue weighted by Crippen LogP contribution is 2.40. The summed E-state index contributed by atoms with van der Waals surface area (Å²) in [5.41, 5.74) is 0.101. The van der Waals surface area contributed by atoms with E-state index in [0.29, 0.717) is 0 Å². The maximum atomic E-state index is 11.3. The number of phenols is 3. The average molecular weight is 734 g/mol. The minimum absolute atomic E-state index is 0.0207. The monoisotopic (exact) mass is 734 g/mol. The van der Waals surface area contributed by atoms with Crippen LogP contribution in [0.1, 0.15) is 20.7 Å². The van der Waals surface area contributed by atoms with Gasteiger partial charge >= 0.3 is 23.9 Å². The van der Waals surface area contributed by atoms with Crippen LogP contribution in [-0.4, -0.2) is 73.7 Å². The van der Waals surface area contributed by atoms with Crippen LogP contribution in [0.3, 0.4) is 0 Å². The fourth-order valence-electron chi connectivity index (χ4n) is 2.45. The number of carbonyl (C=O) groups excluding carboxylic acids is 4. The molecule has 0 unspecified atom stereocenters. The van der Waals surface area contributed by atoms with Crippen LogP contribution in [0, 0.1) is 0 Å². The number of benzene rings is 2. The Morgan fingerprint density at radius 3 is 2.00 bits per heavy atom. The van der Waals surface area contributed by atoms with Crippen LogP contribution >= 0.6 is 37.2 Å². The second-order valence-electron chi connectivity index (χ2n) is 6.28. The number of halogens is 2. The fraction of sp³-hybridized carbons (Fsp3) is 0.238. The van der Waals surface area contributed by atoms with Crippen molar-refractivity contribution in [3.63, 3.8) is 0 Å². The number of methoxy groups -OCH3 is 3. The van der Waals surface area contributed by atoms with Crippen molar-refractivity contribution in [1.29, 1.82) is 0 Å². The second kappa shape index (κ2) is 15.0. The normalized spacial score (nSPS) is 11.0. The summed E-state index contributed by atoms with van der Waals surface area (Å²) in [7, 11) is 3.56. The maximum absolute atomic E-state index is 11.3. The number of fused-ring (bicyclic) bond motifs is 1. The Kier molecular flexibility index (Phi) is 12.9. The molecule has 0 saturated heterocycles. The lowest BCUT2D eigenvalue weighted by Crippen LogP contribution is -2.23. The molecule has 0 saturated carbocycles. The van der Waals surface area contributed by atoms with Crippen LogP contribution in [0.5, 0.6) is 34.5 Å². The van der Waals surface area contributed by atoms with E-state index in [1.54, 1.807) is 0 Å². The topological polar surface area (TPSA) is 184 Å². The highest BCUT2D eigenvalue weighted by Gasteiger charge is 2.24. The molecular weight excluding hydrogens is 714 g/mol. The quantitative estimate of drug-likeness (QED) is 0.134. The van der Waals surface area contributed by atoms with Gasteiger partial charge in [-0.1, -0.05) is 0 Å². The zero-order valence-corrected chi connectivity index (χ0v) is 23.2. The molecule has 1 heterocycles. The summed E-state index contributed by atoms with van der Waals surface area (Å²) in [6.45, 7) is -0.717. The predicted molar refractivity (Wildman–Crippen MR) is 137 cm³/mol. The number of carbonyl (C=O) groups is 4. The molecule has 0 aliphatic carbocycles. The smallest absolute Gasteiger partial charge is 0.349 e. The van der Waals surface area contributed by atoms with Gasteiger partial charge in [-0.2, -0.15) is 0 Å².